The van der Waals surface area contributed by atoms with E-state index in [2.05, 4.69) is 6.07 Å². The van der Waals surface area contributed by atoms with Crippen molar-refractivity contribution in [1.29, 1.82) is 0 Å². The summed E-state index contributed by atoms with van der Waals surface area (Å²) in [5.74, 6) is -0.363. The van der Waals surface area contributed by atoms with Crippen LogP contribution < -0.4 is 0 Å². The summed E-state index contributed by atoms with van der Waals surface area (Å²) in [6, 6.07) is 24.3. The molecule has 1 heterocycles. The van der Waals surface area contributed by atoms with Gasteiger partial charge in [0.2, 0.25) is 0 Å². The van der Waals surface area contributed by atoms with Gasteiger partial charge in [0.25, 0.3) is 5.91 Å². The lowest BCUT2D eigenvalue weighted by Gasteiger charge is -2.25. The summed E-state index contributed by atoms with van der Waals surface area (Å²) in [6.45, 7) is 2.96. The number of hydrazone groups is 1. The van der Waals surface area contributed by atoms with Gasteiger partial charge < -0.3 is 0 Å². The molecule has 0 aliphatic carbocycles. The molecule has 0 spiro atoms. The van der Waals surface area contributed by atoms with Gasteiger partial charge in [-0.3, -0.25) is 9.69 Å². The third-order valence-corrected chi connectivity index (χ3v) is 5.47. The molecule has 4 rings (SSSR count). The molecule has 3 aromatic carbocycles. The molecule has 3 aromatic rings. The Labute approximate surface area is 182 Å². The lowest BCUT2D eigenvalue weighted by Crippen LogP contribution is -2.36. The first-order chi connectivity index (χ1) is 15.0. The van der Waals surface area contributed by atoms with E-state index in [9.17, 15) is 9.18 Å². The van der Waals surface area contributed by atoms with Crippen molar-refractivity contribution < 1.29 is 9.18 Å². The Hall–Kier alpha value is -3.31. The van der Waals surface area contributed by atoms with Crippen molar-refractivity contribution in [3.05, 3.63) is 107 Å². The van der Waals surface area contributed by atoms with Crippen LogP contribution in [0, 0.1) is 12.7 Å². The van der Waals surface area contributed by atoms with Gasteiger partial charge in [0.15, 0.2) is 0 Å². The number of hydrogen-bond donors (Lipinski definition) is 0. The highest BCUT2D eigenvalue weighted by atomic mass is 19.1. The summed E-state index contributed by atoms with van der Waals surface area (Å²) in [5.41, 5.74) is 5.06. The van der Waals surface area contributed by atoms with Crippen LogP contribution in [0.25, 0.3) is 0 Å². The number of carbonyl (C=O) groups is 1. The van der Waals surface area contributed by atoms with Gasteiger partial charge in [-0.15, -0.1) is 0 Å². The van der Waals surface area contributed by atoms with Gasteiger partial charge in [0.05, 0.1) is 18.3 Å². The second kappa shape index (κ2) is 9.23. The summed E-state index contributed by atoms with van der Waals surface area (Å²) < 4.78 is 13.5. The summed E-state index contributed by atoms with van der Waals surface area (Å²) in [6.07, 6.45) is 0.600. The van der Waals surface area contributed by atoms with Crippen molar-refractivity contribution in [3.8, 4) is 0 Å². The number of halogens is 1. The average Bonchev–Trinajstić information content (AvgIpc) is 3.21. The topological polar surface area (TPSA) is 35.9 Å². The number of likely N-dealkylation sites (N-methyl/N-ethyl adjacent to an activating group) is 1. The van der Waals surface area contributed by atoms with E-state index >= 15 is 0 Å². The smallest absolute Gasteiger partial charge is 0.257 e. The summed E-state index contributed by atoms with van der Waals surface area (Å²) in [4.78, 5) is 15.2. The number of amides is 1. The molecule has 0 saturated heterocycles. The second-order valence-corrected chi connectivity index (χ2v) is 8.08. The summed E-state index contributed by atoms with van der Waals surface area (Å²) >= 11 is 0. The number of benzene rings is 3. The molecular weight excluding hydrogens is 389 g/mol. The Balaban J connectivity index is 1.56. The molecule has 4 nitrogen and oxygen atoms in total. The molecule has 0 N–H and O–H groups in total. The third-order valence-electron chi connectivity index (χ3n) is 5.47. The minimum absolute atomic E-state index is 0.0737. The molecule has 31 heavy (non-hydrogen) atoms. The van der Waals surface area contributed by atoms with Crippen molar-refractivity contribution in [3.63, 3.8) is 0 Å². The normalized spacial score (nSPS) is 15.9. The van der Waals surface area contributed by atoms with Crippen LogP contribution in [-0.2, 0) is 11.3 Å². The largest absolute Gasteiger partial charge is 0.293 e. The molecule has 0 aromatic heterocycles. The standard InChI is InChI=1S/C26H26FN3O/c1-19-7-6-10-22(15-19)24-16-25(21-11-13-23(27)14-12-21)30(28-24)26(31)18-29(2)17-20-8-4-3-5-9-20/h3-15,25H,16-18H2,1-2H3/t25-/m1/s1. The maximum Gasteiger partial charge on any atom is 0.257 e. The maximum absolute atomic E-state index is 13.5. The fourth-order valence-corrected chi connectivity index (χ4v) is 3.94. The molecule has 158 valence electrons. The first-order valence-electron chi connectivity index (χ1n) is 10.4. The van der Waals surface area contributed by atoms with Crippen LogP contribution in [0.3, 0.4) is 0 Å². The van der Waals surface area contributed by atoms with Gasteiger partial charge in [-0.1, -0.05) is 72.3 Å². The van der Waals surface area contributed by atoms with E-state index in [4.69, 9.17) is 5.10 Å². The fourth-order valence-electron chi connectivity index (χ4n) is 3.94. The highest BCUT2D eigenvalue weighted by Gasteiger charge is 2.33. The van der Waals surface area contributed by atoms with Crippen LogP contribution >= 0.6 is 0 Å². The molecule has 0 fully saturated rings. The predicted molar refractivity (Wildman–Crippen MR) is 121 cm³/mol. The predicted octanol–water partition coefficient (Wildman–Crippen LogP) is 4.94. The lowest BCUT2D eigenvalue weighted by molar-refractivity contribution is -0.134. The minimum Gasteiger partial charge on any atom is -0.293 e. The maximum atomic E-state index is 13.5. The summed E-state index contributed by atoms with van der Waals surface area (Å²) in [7, 11) is 1.93. The highest BCUT2D eigenvalue weighted by Crippen LogP contribution is 2.33. The molecule has 0 saturated carbocycles. The Morgan fingerprint density at radius 2 is 1.81 bits per heavy atom. The molecule has 0 unspecified atom stereocenters. The van der Waals surface area contributed by atoms with Crippen LogP contribution in [0.2, 0.25) is 0 Å². The van der Waals surface area contributed by atoms with E-state index in [-0.39, 0.29) is 24.3 Å². The van der Waals surface area contributed by atoms with Crippen molar-refractivity contribution >= 4 is 11.6 Å². The first-order valence-corrected chi connectivity index (χ1v) is 10.4. The average molecular weight is 416 g/mol. The van der Waals surface area contributed by atoms with Crippen molar-refractivity contribution in [2.24, 2.45) is 5.10 Å². The van der Waals surface area contributed by atoms with Crippen molar-refractivity contribution in [1.82, 2.24) is 9.91 Å². The molecule has 1 atom stereocenters. The van der Waals surface area contributed by atoms with E-state index in [0.717, 1.165) is 28.0 Å². The van der Waals surface area contributed by atoms with Gasteiger partial charge in [0.1, 0.15) is 5.82 Å². The van der Waals surface area contributed by atoms with E-state index in [0.29, 0.717) is 13.0 Å². The number of nitrogens with zero attached hydrogens (tertiary/aromatic N) is 3. The molecule has 0 bridgehead atoms. The Bertz CT molecular complexity index is 1080. The molecule has 1 aliphatic heterocycles. The van der Waals surface area contributed by atoms with E-state index in [1.54, 1.807) is 17.1 Å². The zero-order chi connectivity index (χ0) is 21.8. The number of aryl methyl sites for hydroxylation is 1. The quantitative estimate of drug-likeness (QED) is 0.571. The molecule has 0 radical (unpaired) electrons. The Morgan fingerprint density at radius 3 is 2.52 bits per heavy atom. The van der Waals surface area contributed by atoms with Crippen LogP contribution in [0.4, 0.5) is 4.39 Å². The van der Waals surface area contributed by atoms with Gasteiger partial charge in [0, 0.05) is 13.0 Å². The zero-order valence-corrected chi connectivity index (χ0v) is 17.8. The second-order valence-electron chi connectivity index (χ2n) is 8.08. The van der Waals surface area contributed by atoms with Gasteiger partial charge in [-0.2, -0.15) is 5.10 Å². The Morgan fingerprint density at radius 1 is 1.06 bits per heavy atom. The van der Waals surface area contributed by atoms with Crippen LogP contribution in [0.5, 0.6) is 0 Å². The van der Waals surface area contributed by atoms with Crippen molar-refractivity contribution in [2.75, 3.05) is 13.6 Å². The lowest BCUT2D eigenvalue weighted by atomic mass is 9.97. The van der Waals surface area contributed by atoms with Crippen LogP contribution in [0.1, 0.15) is 34.7 Å². The minimum atomic E-state index is -0.290. The zero-order valence-electron chi connectivity index (χ0n) is 17.8. The van der Waals surface area contributed by atoms with E-state index < -0.39 is 0 Å². The van der Waals surface area contributed by atoms with Gasteiger partial charge in [-0.25, -0.2) is 9.40 Å². The molecule has 1 aliphatic rings. The SMILES string of the molecule is Cc1cccc(C2=NN(C(=O)CN(C)Cc3ccccc3)[C@@H](c3ccc(F)cc3)C2)c1. The third kappa shape index (κ3) is 5.06. The van der Waals surface area contributed by atoms with Crippen LogP contribution in [0.15, 0.2) is 84.0 Å². The fraction of sp³-hybridized carbons (Fsp3) is 0.231. The highest BCUT2D eigenvalue weighted by molar-refractivity contribution is 6.03. The molecule has 5 heteroatoms. The van der Waals surface area contributed by atoms with Crippen molar-refractivity contribution in [2.45, 2.75) is 25.9 Å². The van der Waals surface area contributed by atoms with E-state index in [1.807, 2.05) is 67.4 Å². The monoisotopic (exact) mass is 415 g/mol. The molecular formula is C26H26FN3O. The summed E-state index contributed by atoms with van der Waals surface area (Å²) in [5, 5.41) is 6.30. The van der Waals surface area contributed by atoms with Gasteiger partial charge >= 0.3 is 0 Å². The molecule has 1 amide bonds. The first kappa shape index (κ1) is 20.9. The Kier molecular flexibility index (Phi) is 6.23. The number of hydrogen-bond acceptors (Lipinski definition) is 3. The van der Waals surface area contributed by atoms with Crippen LogP contribution in [-0.4, -0.2) is 35.1 Å². The van der Waals surface area contributed by atoms with Gasteiger partial charge in [-0.05, 0) is 42.8 Å². The number of carbonyl (C=O) groups excluding carboxylic acids is 1. The number of rotatable bonds is 6. The van der Waals surface area contributed by atoms with E-state index in [1.165, 1.54) is 12.1 Å².